The fourth-order valence-corrected chi connectivity index (χ4v) is 1.68. The van der Waals surface area contributed by atoms with Crippen molar-refractivity contribution < 1.29 is 4.39 Å². The van der Waals surface area contributed by atoms with Gasteiger partial charge in [0.15, 0.2) is 5.69 Å². The molecule has 96 valence electrons. The van der Waals surface area contributed by atoms with E-state index in [9.17, 15) is 4.39 Å². The van der Waals surface area contributed by atoms with Crippen LogP contribution in [0.4, 0.5) is 15.9 Å². The predicted octanol–water partition coefficient (Wildman–Crippen LogP) is 2.33. The van der Waals surface area contributed by atoms with Crippen LogP contribution in [0.2, 0.25) is 0 Å². The molecule has 1 aromatic carbocycles. The Bertz CT molecular complexity index is 619. The molecule has 0 fully saturated rings. The van der Waals surface area contributed by atoms with Gasteiger partial charge in [-0.15, -0.1) is 0 Å². The van der Waals surface area contributed by atoms with Gasteiger partial charge in [-0.1, -0.05) is 18.2 Å². The van der Waals surface area contributed by atoms with Crippen molar-refractivity contribution in [2.45, 2.75) is 6.42 Å². The number of hydrogen-bond donors (Lipinski definition) is 2. The lowest BCUT2D eigenvalue weighted by molar-refractivity contribution is 0.610. The van der Waals surface area contributed by atoms with Gasteiger partial charge in [-0.3, -0.25) is 0 Å². The number of benzene rings is 1. The third-order valence-corrected chi connectivity index (χ3v) is 2.69. The minimum absolute atomic E-state index is 0.191. The van der Waals surface area contributed by atoms with Gasteiger partial charge in [0, 0.05) is 6.54 Å². The van der Waals surface area contributed by atoms with E-state index in [2.05, 4.69) is 10.3 Å². The third kappa shape index (κ3) is 3.19. The number of rotatable bonds is 4. The molecule has 0 aliphatic rings. The van der Waals surface area contributed by atoms with Crippen LogP contribution in [-0.2, 0) is 6.42 Å². The SMILES string of the molecule is N#Cc1nc(NCCc2ccccc2F)ccc1N. The predicted molar refractivity (Wildman–Crippen MR) is 72.0 cm³/mol. The topological polar surface area (TPSA) is 74.7 Å². The summed E-state index contributed by atoms with van der Waals surface area (Å²) in [6, 6.07) is 11.9. The monoisotopic (exact) mass is 256 g/mol. The summed E-state index contributed by atoms with van der Waals surface area (Å²) < 4.78 is 13.4. The molecule has 1 aromatic heterocycles. The maximum absolute atomic E-state index is 13.4. The van der Waals surface area contributed by atoms with Crippen LogP contribution in [0.1, 0.15) is 11.3 Å². The second kappa shape index (κ2) is 5.83. The highest BCUT2D eigenvalue weighted by molar-refractivity contribution is 5.54. The van der Waals surface area contributed by atoms with Crippen molar-refractivity contribution in [3.8, 4) is 6.07 Å². The molecule has 0 amide bonds. The maximum Gasteiger partial charge on any atom is 0.165 e. The van der Waals surface area contributed by atoms with Crippen LogP contribution >= 0.6 is 0 Å². The van der Waals surface area contributed by atoms with Crippen LogP contribution in [0.15, 0.2) is 36.4 Å². The standard InChI is InChI=1S/C14H13FN4/c15-11-4-2-1-3-10(11)7-8-18-14-6-5-12(17)13(9-16)19-14/h1-6H,7-8,17H2,(H,18,19). The Morgan fingerprint density at radius 2 is 2.05 bits per heavy atom. The maximum atomic E-state index is 13.4. The summed E-state index contributed by atoms with van der Waals surface area (Å²) in [4.78, 5) is 4.05. The van der Waals surface area contributed by atoms with Crippen LogP contribution in [0.5, 0.6) is 0 Å². The Morgan fingerprint density at radius 3 is 2.79 bits per heavy atom. The Balaban J connectivity index is 1.97. The van der Waals surface area contributed by atoms with Crippen LogP contribution in [0.3, 0.4) is 0 Å². The number of nitrogens with two attached hydrogens (primary N) is 1. The van der Waals surface area contributed by atoms with Gasteiger partial charge in [-0.05, 0) is 30.2 Å². The molecule has 2 aromatic rings. The molecule has 0 aliphatic heterocycles. The van der Waals surface area contributed by atoms with Gasteiger partial charge < -0.3 is 11.1 Å². The number of aromatic nitrogens is 1. The lowest BCUT2D eigenvalue weighted by Crippen LogP contribution is -2.08. The number of halogens is 1. The molecule has 0 saturated carbocycles. The van der Waals surface area contributed by atoms with E-state index in [-0.39, 0.29) is 11.5 Å². The Morgan fingerprint density at radius 1 is 1.26 bits per heavy atom. The minimum Gasteiger partial charge on any atom is -0.396 e. The molecular weight excluding hydrogens is 243 g/mol. The first-order valence-corrected chi connectivity index (χ1v) is 5.84. The van der Waals surface area contributed by atoms with Crippen LogP contribution in [0, 0.1) is 17.1 Å². The molecule has 0 saturated heterocycles. The molecule has 0 atom stereocenters. The summed E-state index contributed by atoms with van der Waals surface area (Å²) in [5.74, 6) is 0.342. The zero-order valence-corrected chi connectivity index (χ0v) is 10.2. The van der Waals surface area contributed by atoms with Gasteiger partial charge in [0.2, 0.25) is 0 Å². The third-order valence-electron chi connectivity index (χ3n) is 2.69. The first-order valence-electron chi connectivity index (χ1n) is 5.84. The van der Waals surface area contributed by atoms with Crippen molar-refractivity contribution in [1.82, 2.24) is 4.98 Å². The van der Waals surface area contributed by atoms with Gasteiger partial charge in [0.05, 0.1) is 5.69 Å². The summed E-state index contributed by atoms with van der Waals surface area (Å²) in [5.41, 5.74) is 6.76. The number of anilines is 2. The summed E-state index contributed by atoms with van der Waals surface area (Å²) in [6.07, 6.45) is 0.542. The number of nitrogens with zero attached hydrogens (tertiary/aromatic N) is 2. The Hall–Kier alpha value is -2.61. The average Bonchev–Trinajstić information content (AvgIpc) is 2.43. The van der Waals surface area contributed by atoms with E-state index in [1.54, 1.807) is 30.3 Å². The highest BCUT2D eigenvalue weighted by Crippen LogP contribution is 2.12. The minimum atomic E-state index is -0.215. The molecule has 0 bridgehead atoms. The molecule has 0 aliphatic carbocycles. The molecule has 3 N–H and O–H groups in total. The van der Waals surface area contributed by atoms with Crippen molar-refractivity contribution in [2.24, 2.45) is 0 Å². The second-order valence-corrected chi connectivity index (χ2v) is 4.01. The number of pyridine rings is 1. The van der Waals surface area contributed by atoms with Crippen molar-refractivity contribution in [3.05, 3.63) is 53.5 Å². The van der Waals surface area contributed by atoms with Crippen molar-refractivity contribution in [1.29, 1.82) is 5.26 Å². The first kappa shape index (κ1) is 12.8. The molecule has 5 heteroatoms. The largest absolute Gasteiger partial charge is 0.396 e. The van der Waals surface area contributed by atoms with Gasteiger partial charge >= 0.3 is 0 Å². The van der Waals surface area contributed by atoms with Gasteiger partial charge in [-0.25, -0.2) is 9.37 Å². The highest BCUT2D eigenvalue weighted by atomic mass is 19.1. The van der Waals surface area contributed by atoms with E-state index in [1.165, 1.54) is 6.07 Å². The zero-order valence-electron chi connectivity index (χ0n) is 10.2. The second-order valence-electron chi connectivity index (χ2n) is 4.01. The van der Waals surface area contributed by atoms with E-state index < -0.39 is 0 Å². The molecule has 2 rings (SSSR count). The number of nitriles is 1. The molecule has 1 heterocycles. The first-order chi connectivity index (χ1) is 9.20. The van der Waals surface area contributed by atoms with E-state index >= 15 is 0 Å². The van der Waals surface area contributed by atoms with Crippen molar-refractivity contribution >= 4 is 11.5 Å². The Labute approximate surface area is 110 Å². The summed E-state index contributed by atoms with van der Waals surface area (Å²) >= 11 is 0. The summed E-state index contributed by atoms with van der Waals surface area (Å²) in [6.45, 7) is 0.530. The van der Waals surface area contributed by atoms with E-state index in [4.69, 9.17) is 11.0 Å². The summed E-state index contributed by atoms with van der Waals surface area (Å²) in [7, 11) is 0. The van der Waals surface area contributed by atoms with Gasteiger partial charge in [0.1, 0.15) is 17.7 Å². The molecule has 0 radical (unpaired) electrons. The molecular formula is C14H13FN4. The van der Waals surface area contributed by atoms with Crippen LogP contribution in [0.25, 0.3) is 0 Å². The fourth-order valence-electron chi connectivity index (χ4n) is 1.68. The van der Waals surface area contributed by atoms with Crippen molar-refractivity contribution in [2.75, 3.05) is 17.6 Å². The number of nitrogen functional groups attached to an aromatic ring is 1. The summed E-state index contributed by atoms with van der Waals surface area (Å²) in [5, 5.41) is 11.9. The van der Waals surface area contributed by atoms with E-state index in [1.807, 2.05) is 6.07 Å². The van der Waals surface area contributed by atoms with Crippen LogP contribution in [-0.4, -0.2) is 11.5 Å². The van der Waals surface area contributed by atoms with Gasteiger partial charge in [0.25, 0.3) is 0 Å². The Kier molecular flexibility index (Phi) is 3.94. The molecule has 19 heavy (non-hydrogen) atoms. The van der Waals surface area contributed by atoms with E-state index in [0.29, 0.717) is 30.0 Å². The van der Waals surface area contributed by atoms with Crippen LogP contribution < -0.4 is 11.1 Å². The lowest BCUT2D eigenvalue weighted by Gasteiger charge is -2.07. The highest BCUT2D eigenvalue weighted by Gasteiger charge is 2.03. The molecule has 4 nitrogen and oxygen atoms in total. The molecule has 0 unspecified atom stereocenters. The lowest BCUT2D eigenvalue weighted by atomic mass is 10.1. The van der Waals surface area contributed by atoms with Gasteiger partial charge in [-0.2, -0.15) is 5.26 Å². The number of hydrogen-bond acceptors (Lipinski definition) is 4. The fraction of sp³-hybridized carbons (Fsp3) is 0.143. The average molecular weight is 256 g/mol. The smallest absolute Gasteiger partial charge is 0.165 e. The molecule has 0 spiro atoms. The zero-order chi connectivity index (χ0) is 13.7. The quantitative estimate of drug-likeness (QED) is 0.880. The van der Waals surface area contributed by atoms with E-state index in [0.717, 1.165) is 0 Å². The number of nitrogens with one attached hydrogen (secondary N) is 1. The normalized spacial score (nSPS) is 9.89. The van der Waals surface area contributed by atoms with Crippen molar-refractivity contribution in [3.63, 3.8) is 0 Å².